The van der Waals surface area contributed by atoms with Crippen LogP contribution >= 0.6 is 22.9 Å². The standard InChI is InChI=1S/C20H18ClN3O3S/c1-27-16-8-4-13(5-9-16)17-12-28-20(23-17)24-18(25)10-11-22-19(26)14-2-6-15(21)7-3-14/h2-9,12H,10-11H2,1H3,(H,22,26)(H,23,24,25). The van der Waals surface area contributed by atoms with Gasteiger partial charge in [0.2, 0.25) is 5.91 Å². The van der Waals surface area contributed by atoms with Crippen LogP contribution in [0.5, 0.6) is 5.75 Å². The molecule has 0 atom stereocenters. The lowest BCUT2D eigenvalue weighted by Crippen LogP contribution is -2.27. The summed E-state index contributed by atoms with van der Waals surface area (Å²) in [5.74, 6) is 0.306. The van der Waals surface area contributed by atoms with Crippen molar-refractivity contribution in [2.24, 2.45) is 0 Å². The van der Waals surface area contributed by atoms with Crippen LogP contribution in [0.15, 0.2) is 53.9 Å². The Morgan fingerprint density at radius 1 is 1.11 bits per heavy atom. The van der Waals surface area contributed by atoms with Gasteiger partial charge in [-0.25, -0.2) is 4.98 Å². The second kappa shape index (κ2) is 9.34. The molecule has 0 bridgehead atoms. The van der Waals surface area contributed by atoms with E-state index in [0.29, 0.717) is 15.7 Å². The fourth-order valence-electron chi connectivity index (χ4n) is 2.40. The Balaban J connectivity index is 1.47. The number of aromatic nitrogens is 1. The van der Waals surface area contributed by atoms with Crippen LogP contribution in [-0.2, 0) is 4.79 Å². The minimum atomic E-state index is -0.250. The van der Waals surface area contributed by atoms with Crippen LogP contribution in [0.2, 0.25) is 5.02 Å². The van der Waals surface area contributed by atoms with Gasteiger partial charge < -0.3 is 15.4 Å². The lowest BCUT2D eigenvalue weighted by molar-refractivity contribution is -0.116. The monoisotopic (exact) mass is 415 g/mol. The summed E-state index contributed by atoms with van der Waals surface area (Å²) < 4.78 is 5.14. The molecule has 2 aromatic carbocycles. The maximum Gasteiger partial charge on any atom is 0.251 e. The van der Waals surface area contributed by atoms with E-state index in [4.69, 9.17) is 16.3 Å². The molecule has 144 valence electrons. The summed E-state index contributed by atoms with van der Waals surface area (Å²) in [5.41, 5.74) is 2.21. The Morgan fingerprint density at radius 3 is 2.50 bits per heavy atom. The number of nitrogens with one attached hydrogen (secondary N) is 2. The Labute approximate surface area is 171 Å². The predicted octanol–water partition coefficient (Wildman–Crippen LogP) is 4.23. The lowest BCUT2D eigenvalue weighted by atomic mass is 10.2. The average Bonchev–Trinajstić information content (AvgIpc) is 3.17. The van der Waals surface area contributed by atoms with Crippen molar-refractivity contribution in [3.63, 3.8) is 0 Å². The Kier molecular flexibility index (Phi) is 6.62. The predicted molar refractivity (Wildman–Crippen MR) is 111 cm³/mol. The second-order valence-electron chi connectivity index (χ2n) is 5.83. The zero-order chi connectivity index (χ0) is 19.9. The maximum absolute atomic E-state index is 12.1. The van der Waals surface area contributed by atoms with Gasteiger partial charge in [-0.2, -0.15) is 0 Å². The van der Waals surface area contributed by atoms with Crippen molar-refractivity contribution in [2.45, 2.75) is 6.42 Å². The van der Waals surface area contributed by atoms with Crippen molar-refractivity contribution in [2.75, 3.05) is 19.0 Å². The zero-order valence-corrected chi connectivity index (χ0v) is 16.6. The minimum Gasteiger partial charge on any atom is -0.497 e. The van der Waals surface area contributed by atoms with Gasteiger partial charge in [0.15, 0.2) is 5.13 Å². The second-order valence-corrected chi connectivity index (χ2v) is 7.12. The number of anilines is 1. The molecule has 3 rings (SSSR count). The molecule has 28 heavy (non-hydrogen) atoms. The van der Waals surface area contributed by atoms with Gasteiger partial charge in [-0.05, 0) is 48.5 Å². The van der Waals surface area contributed by atoms with Crippen molar-refractivity contribution in [3.05, 3.63) is 64.5 Å². The molecule has 0 unspecified atom stereocenters. The summed E-state index contributed by atoms with van der Waals surface area (Å²) in [6.07, 6.45) is 0.150. The van der Waals surface area contributed by atoms with Crippen LogP contribution < -0.4 is 15.4 Å². The van der Waals surface area contributed by atoms with Crippen LogP contribution in [0, 0.1) is 0 Å². The van der Waals surface area contributed by atoms with Crippen molar-refractivity contribution in [3.8, 4) is 17.0 Å². The van der Waals surface area contributed by atoms with Gasteiger partial charge in [-0.15, -0.1) is 11.3 Å². The van der Waals surface area contributed by atoms with Gasteiger partial charge in [0.1, 0.15) is 5.75 Å². The fourth-order valence-corrected chi connectivity index (χ4v) is 3.26. The number of benzene rings is 2. The number of carbonyl (C=O) groups excluding carboxylic acids is 2. The quantitative estimate of drug-likeness (QED) is 0.605. The first-order chi connectivity index (χ1) is 13.5. The minimum absolute atomic E-state index is 0.150. The molecule has 0 aliphatic heterocycles. The van der Waals surface area contributed by atoms with E-state index in [1.165, 1.54) is 11.3 Å². The van der Waals surface area contributed by atoms with E-state index in [0.717, 1.165) is 17.0 Å². The van der Waals surface area contributed by atoms with Gasteiger partial charge in [-0.3, -0.25) is 9.59 Å². The molecule has 2 N–H and O–H groups in total. The molecule has 0 saturated heterocycles. The van der Waals surface area contributed by atoms with E-state index >= 15 is 0 Å². The molecule has 0 saturated carbocycles. The highest BCUT2D eigenvalue weighted by molar-refractivity contribution is 7.14. The van der Waals surface area contributed by atoms with E-state index in [1.54, 1.807) is 31.4 Å². The Hall–Kier alpha value is -2.90. The number of hydrogen-bond donors (Lipinski definition) is 2. The van der Waals surface area contributed by atoms with Crippen LogP contribution in [-0.4, -0.2) is 30.5 Å². The van der Waals surface area contributed by atoms with Crippen LogP contribution in [0.4, 0.5) is 5.13 Å². The largest absolute Gasteiger partial charge is 0.497 e. The lowest BCUT2D eigenvalue weighted by Gasteiger charge is -2.05. The van der Waals surface area contributed by atoms with Crippen molar-refractivity contribution in [1.82, 2.24) is 10.3 Å². The van der Waals surface area contributed by atoms with Gasteiger partial charge in [-0.1, -0.05) is 11.6 Å². The molecule has 0 aliphatic rings. The van der Waals surface area contributed by atoms with E-state index < -0.39 is 0 Å². The van der Waals surface area contributed by atoms with Gasteiger partial charge in [0, 0.05) is 34.5 Å². The Morgan fingerprint density at radius 2 is 1.82 bits per heavy atom. The highest BCUT2D eigenvalue weighted by Gasteiger charge is 2.10. The Bertz CT molecular complexity index is 956. The van der Waals surface area contributed by atoms with Crippen molar-refractivity contribution >= 4 is 39.9 Å². The highest BCUT2D eigenvalue weighted by atomic mass is 35.5. The first kappa shape index (κ1) is 19.9. The first-order valence-electron chi connectivity index (χ1n) is 8.49. The van der Waals surface area contributed by atoms with Gasteiger partial charge in [0.25, 0.3) is 5.91 Å². The van der Waals surface area contributed by atoms with Crippen molar-refractivity contribution < 1.29 is 14.3 Å². The smallest absolute Gasteiger partial charge is 0.251 e. The van der Waals surface area contributed by atoms with Crippen molar-refractivity contribution in [1.29, 1.82) is 0 Å². The molecule has 0 radical (unpaired) electrons. The molecule has 3 aromatic rings. The number of halogens is 1. The SMILES string of the molecule is COc1ccc(-c2csc(NC(=O)CCNC(=O)c3ccc(Cl)cc3)n2)cc1. The zero-order valence-electron chi connectivity index (χ0n) is 15.1. The molecule has 0 fully saturated rings. The molecule has 1 heterocycles. The van der Waals surface area contributed by atoms with Crippen LogP contribution in [0.1, 0.15) is 16.8 Å². The number of methoxy groups -OCH3 is 1. The third-order valence-corrected chi connectivity index (χ3v) is 4.89. The summed E-state index contributed by atoms with van der Waals surface area (Å²) in [4.78, 5) is 28.5. The fraction of sp³-hybridized carbons (Fsp3) is 0.150. The molecule has 8 heteroatoms. The summed E-state index contributed by atoms with van der Waals surface area (Å²) in [7, 11) is 1.61. The number of carbonyl (C=O) groups is 2. The summed E-state index contributed by atoms with van der Waals surface area (Å²) in [6, 6.07) is 14.1. The normalized spacial score (nSPS) is 10.4. The van der Waals surface area contributed by atoms with E-state index in [1.807, 2.05) is 29.6 Å². The molecule has 0 spiro atoms. The number of ether oxygens (including phenoxy) is 1. The van der Waals surface area contributed by atoms with Crippen LogP contribution in [0.3, 0.4) is 0 Å². The molecule has 0 aliphatic carbocycles. The number of hydrogen-bond acceptors (Lipinski definition) is 5. The molecule has 2 amide bonds. The third kappa shape index (κ3) is 5.31. The maximum atomic E-state index is 12.1. The summed E-state index contributed by atoms with van der Waals surface area (Å²) >= 11 is 7.14. The van der Waals surface area contributed by atoms with Crippen LogP contribution in [0.25, 0.3) is 11.3 Å². The molecular formula is C20H18ClN3O3S. The summed E-state index contributed by atoms with van der Waals surface area (Å²) in [5, 5.41) is 8.41. The number of thiazole rings is 1. The molecular weight excluding hydrogens is 398 g/mol. The molecule has 1 aromatic heterocycles. The van der Waals surface area contributed by atoms with Gasteiger partial charge in [0.05, 0.1) is 12.8 Å². The average molecular weight is 416 g/mol. The van der Waals surface area contributed by atoms with Gasteiger partial charge >= 0.3 is 0 Å². The van der Waals surface area contributed by atoms with E-state index in [2.05, 4.69) is 15.6 Å². The summed E-state index contributed by atoms with van der Waals surface area (Å²) in [6.45, 7) is 0.226. The third-order valence-electron chi connectivity index (χ3n) is 3.88. The molecule has 6 nitrogen and oxygen atoms in total. The highest BCUT2D eigenvalue weighted by Crippen LogP contribution is 2.26. The first-order valence-corrected chi connectivity index (χ1v) is 9.74. The number of rotatable bonds is 7. The number of amides is 2. The van der Waals surface area contributed by atoms with E-state index in [9.17, 15) is 9.59 Å². The topological polar surface area (TPSA) is 80.3 Å². The number of nitrogens with zero attached hydrogens (tertiary/aromatic N) is 1. The van der Waals surface area contributed by atoms with E-state index in [-0.39, 0.29) is 24.8 Å².